The van der Waals surface area contributed by atoms with Crippen molar-refractivity contribution in [1.82, 2.24) is 9.62 Å². The molecule has 0 radical (unpaired) electrons. The highest BCUT2D eigenvalue weighted by atomic mass is 35.5. The Kier molecular flexibility index (Phi) is 6.55. The molecule has 0 aliphatic carbocycles. The summed E-state index contributed by atoms with van der Waals surface area (Å²) in [6, 6.07) is 13.6. The van der Waals surface area contributed by atoms with Crippen LogP contribution < -0.4 is 9.62 Å². The largest absolute Gasteiger partial charge is 0.342 e. The van der Waals surface area contributed by atoms with E-state index in [0.29, 0.717) is 43.2 Å². The van der Waals surface area contributed by atoms with Crippen LogP contribution in [-0.4, -0.2) is 50.8 Å². The molecule has 0 bridgehead atoms. The second-order valence-electron chi connectivity index (χ2n) is 8.42. The number of hydrogen-bond donors (Lipinski definition) is 1. The molecule has 2 aliphatic rings. The molecule has 4 rings (SSSR count). The fraction of sp³-hybridized carbons (Fsp3) is 0.391. The Labute approximate surface area is 193 Å². The van der Waals surface area contributed by atoms with Gasteiger partial charge < -0.3 is 9.80 Å². The molecule has 2 amide bonds. The molecular weight excluding hydrogens is 450 g/mol. The Hall–Kier alpha value is -2.42. The Balaban J connectivity index is 1.33. The number of nitrogens with one attached hydrogen (secondary N) is 1. The summed E-state index contributed by atoms with van der Waals surface area (Å²) in [5, 5.41) is 0.542. The lowest BCUT2D eigenvalue weighted by atomic mass is 10.0. The van der Waals surface area contributed by atoms with E-state index in [1.54, 1.807) is 52.3 Å². The number of amides is 2. The second-order valence-corrected chi connectivity index (χ2v) is 10.6. The van der Waals surface area contributed by atoms with E-state index in [-0.39, 0.29) is 29.2 Å². The van der Waals surface area contributed by atoms with E-state index in [0.717, 1.165) is 5.56 Å². The second kappa shape index (κ2) is 9.21. The standard InChI is InChI=1S/C23H26ClN3O4S/c1-16-5-7-21(8-6-16)32(30,31)25-19-9-11-26(12-10-19)23(29)17-13-22(28)27(15-17)20-4-2-3-18(24)14-20/h2-8,14,17,19,25H,9-13,15H2,1H3/t17-/m1/s1. The number of aryl methyl sites for hydroxylation is 1. The molecule has 0 aromatic heterocycles. The molecule has 2 saturated heterocycles. The van der Waals surface area contributed by atoms with Crippen molar-refractivity contribution >= 4 is 39.1 Å². The highest BCUT2D eigenvalue weighted by molar-refractivity contribution is 7.89. The highest BCUT2D eigenvalue weighted by Gasteiger charge is 2.38. The van der Waals surface area contributed by atoms with E-state index in [4.69, 9.17) is 11.6 Å². The number of benzene rings is 2. The number of piperidine rings is 1. The molecule has 2 heterocycles. The highest BCUT2D eigenvalue weighted by Crippen LogP contribution is 2.29. The first-order valence-electron chi connectivity index (χ1n) is 10.7. The molecule has 170 valence electrons. The molecular formula is C23H26ClN3O4S. The van der Waals surface area contributed by atoms with Crippen LogP contribution >= 0.6 is 11.6 Å². The number of nitrogens with zero attached hydrogens (tertiary/aromatic N) is 2. The van der Waals surface area contributed by atoms with Crippen LogP contribution in [0.25, 0.3) is 0 Å². The molecule has 9 heteroatoms. The van der Waals surface area contributed by atoms with E-state index in [1.807, 2.05) is 13.0 Å². The minimum Gasteiger partial charge on any atom is -0.342 e. The van der Waals surface area contributed by atoms with Gasteiger partial charge in [0.2, 0.25) is 21.8 Å². The first-order valence-corrected chi connectivity index (χ1v) is 12.5. The molecule has 32 heavy (non-hydrogen) atoms. The van der Waals surface area contributed by atoms with Crippen molar-refractivity contribution < 1.29 is 18.0 Å². The zero-order chi connectivity index (χ0) is 22.9. The van der Waals surface area contributed by atoms with Gasteiger partial charge in [-0.15, -0.1) is 0 Å². The number of anilines is 1. The molecule has 1 N–H and O–H groups in total. The minimum absolute atomic E-state index is 0.0530. The number of hydrogen-bond acceptors (Lipinski definition) is 4. The summed E-state index contributed by atoms with van der Waals surface area (Å²) < 4.78 is 28.0. The van der Waals surface area contributed by atoms with Crippen LogP contribution in [0.4, 0.5) is 5.69 Å². The summed E-state index contributed by atoms with van der Waals surface area (Å²) in [4.78, 5) is 29.1. The van der Waals surface area contributed by atoms with Gasteiger partial charge in [-0.1, -0.05) is 35.4 Å². The Morgan fingerprint density at radius 1 is 1.09 bits per heavy atom. The lowest BCUT2D eigenvalue weighted by Crippen LogP contribution is -2.48. The molecule has 0 unspecified atom stereocenters. The lowest BCUT2D eigenvalue weighted by Gasteiger charge is -2.33. The summed E-state index contributed by atoms with van der Waals surface area (Å²) in [6.07, 6.45) is 1.25. The SMILES string of the molecule is Cc1ccc(S(=O)(=O)NC2CCN(C(=O)[C@@H]3CC(=O)N(c4cccc(Cl)c4)C3)CC2)cc1. The smallest absolute Gasteiger partial charge is 0.240 e. The van der Waals surface area contributed by atoms with Crippen molar-refractivity contribution in [2.75, 3.05) is 24.5 Å². The van der Waals surface area contributed by atoms with Gasteiger partial charge in [-0.05, 0) is 50.1 Å². The van der Waals surface area contributed by atoms with Crippen LogP contribution in [0.2, 0.25) is 5.02 Å². The van der Waals surface area contributed by atoms with Gasteiger partial charge in [-0.25, -0.2) is 13.1 Å². The van der Waals surface area contributed by atoms with Crippen molar-refractivity contribution in [3.63, 3.8) is 0 Å². The zero-order valence-corrected chi connectivity index (χ0v) is 19.4. The minimum atomic E-state index is -3.59. The van der Waals surface area contributed by atoms with Crippen LogP contribution in [0.15, 0.2) is 53.4 Å². The van der Waals surface area contributed by atoms with Gasteiger partial charge in [0.15, 0.2) is 0 Å². The summed E-state index contributed by atoms with van der Waals surface area (Å²) in [7, 11) is -3.59. The Bertz CT molecular complexity index is 1110. The van der Waals surface area contributed by atoms with Crippen LogP contribution in [0.5, 0.6) is 0 Å². The van der Waals surface area contributed by atoms with Gasteiger partial charge in [0.1, 0.15) is 0 Å². The third-order valence-corrected chi connectivity index (χ3v) is 7.83. The number of likely N-dealkylation sites (tertiary alicyclic amines) is 1. The number of rotatable bonds is 5. The average Bonchev–Trinajstić information content (AvgIpc) is 3.15. The molecule has 7 nitrogen and oxygen atoms in total. The van der Waals surface area contributed by atoms with E-state index in [2.05, 4.69) is 4.72 Å². The molecule has 2 aliphatic heterocycles. The monoisotopic (exact) mass is 475 g/mol. The van der Waals surface area contributed by atoms with E-state index in [9.17, 15) is 18.0 Å². The van der Waals surface area contributed by atoms with Gasteiger partial charge in [-0.2, -0.15) is 0 Å². The maximum Gasteiger partial charge on any atom is 0.240 e. The average molecular weight is 476 g/mol. The predicted octanol–water partition coefficient (Wildman–Crippen LogP) is 2.97. The van der Waals surface area contributed by atoms with Crippen LogP contribution in [-0.2, 0) is 19.6 Å². The van der Waals surface area contributed by atoms with Gasteiger partial charge >= 0.3 is 0 Å². The maximum atomic E-state index is 13.0. The van der Waals surface area contributed by atoms with Gasteiger partial charge in [0, 0.05) is 42.8 Å². The topological polar surface area (TPSA) is 86.8 Å². The fourth-order valence-electron chi connectivity index (χ4n) is 4.25. The third kappa shape index (κ3) is 4.98. The number of carbonyl (C=O) groups excluding carboxylic acids is 2. The van der Waals surface area contributed by atoms with Gasteiger partial charge in [0.05, 0.1) is 10.8 Å². The lowest BCUT2D eigenvalue weighted by molar-refractivity contribution is -0.136. The normalized spacial score (nSPS) is 20.1. The quantitative estimate of drug-likeness (QED) is 0.720. The Morgan fingerprint density at radius 2 is 1.78 bits per heavy atom. The molecule has 0 spiro atoms. The van der Waals surface area contributed by atoms with Crippen molar-refractivity contribution in [2.24, 2.45) is 5.92 Å². The van der Waals surface area contributed by atoms with Crippen molar-refractivity contribution in [3.05, 3.63) is 59.1 Å². The van der Waals surface area contributed by atoms with Crippen LogP contribution in [0.1, 0.15) is 24.8 Å². The Morgan fingerprint density at radius 3 is 2.44 bits per heavy atom. The van der Waals surface area contributed by atoms with Crippen molar-refractivity contribution in [1.29, 1.82) is 0 Å². The first kappa shape index (κ1) is 22.8. The third-order valence-electron chi connectivity index (χ3n) is 6.05. The van der Waals surface area contributed by atoms with Crippen LogP contribution in [0, 0.1) is 12.8 Å². The summed E-state index contributed by atoms with van der Waals surface area (Å²) in [5.41, 5.74) is 1.69. The molecule has 0 saturated carbocycles. The molecule has 2 aromatic rings. The molecule has 2 aromatic carbocycles. The maximum absolute atomic E-state index is 13.0. The van der Waals surface area contributed by atoms with Crippen molar-refractivity contribution in [2.45, 2.75) is 37.1 Å². The summed E-state index contributed by atoms with van der Waals surface area (Å²) >= 11 is 6.04. The number of sulfonamides is 1. The zero-order valence-electron chi connectivity index (χ0n) is 17.8. The van der Waals surface area contributed by atoms with Crippen molar-refractivity contribution in [3.8, 4) is 0 Å². The predicted molar refractivity (Wildman–Crippen MR) is 123 cm³/mol. The summed E-state index contributed by atoms with van der Waals surface area (Å²) in [5.74, 6) is -0.545. The van der Waals surface area contributed by atoms with Crippen LogP contribution in [0.3, 0.4) is 0 Å². The first-order chi connectivity index (χ1) is 15.2. The molecule has 2 fully saturated rings. The van der Waals surface area contributed by atoms with Gasteiger partial charge in [-0.3, -0.25) is 9.59 Å². The van der Waals surface area contributed by atoms with E-state index in [1.165, 1.54) is 0 Å². The summed E-state index contributed by atoms with van der Waals surface area (Å²) in [6.45, 7) is 3.16. The van der Waals surface area contributed by atoms with E-state index >= 15 is 0 Å². The van der Waals surface area contributed by atoms with E-state index < -0.39 is 15.9 Å². The molecule has 1 atom stereocenters. The fourth-order valence-corrected chi connectivity index (χ4v) is 5.74. The number of halogens is 1. The number of carbonyl (C=O) groups is 2. The van der Waals surface area contributed by atoms with Gasteiger partial charge in [0.25, 0.3) is 0 Å².